The Morgan fingerprint density at radius 3 is 1.15 bits per heavy atom. The van der Waals surface area contributed by atoms with Gasteiger partial charge in [-0.3, -0.25) is 0 Å². The summed E-state index contributed by atoms with van der Waals surface area (Å²) in [4.78, 5) is 2.38. The van der Waals surface area contributed by atoms with Crippen LogP contribution in [0.25, 0.3) is 0 Å². The first-order chi connectivity index (χ1) is 5.35. The van der Waals surface area contributed by atoms with Gasteiger partial charge in [0.05, 0.1) is 0 Å². The van der Waals surface area contributed by atoms with Crippen LogP contribution in [0.3, 0.4) is 0 Å². The van der Waals surface area contributed by atoms with Gasteiger partial charge in [0, 0.05) is 21.4 Å². The Bertz CT molecular complexity index is 165. The van der Waals surface area contributed by atoms with Crippen molar-refractivity contribution in [2.24, 2.45) is 0 Å². The number of hydrogen-bond donors (Lipinski definition) is 0. The van der Waals surface area contributed by atoms with Gasteiger partial charge in [-0.25, -0.2) is 0 Å². The van der Waals surface area contributed by atoms with Crippen molar-refractivity contribution < 1.29 is 8.42 Å². The van der Waals surface area contributed by atoms with Crippen LogP contribution in [0.2, 0.25) is 0 Å². The lowest BCUT2D eigenvalue weighted by molar-refractivity contribution is 0.321. The SMILES string of the molecule is C.CCN(CC)CC.O=S(=O)(Cl)Cl. The van der Waals surface area contributed by atoms with Crippen molar-refractivity contribution in [3.8, 4) is 0 Å². The van der Waals surface area contributed by atoms with E-state index in [1.54, 1.807) is 0 Å². The Hall–Kier alpha value is 0.490. The third-order valence-corrected chi connectivity index (χ3v) is 1.34. The fourth-order valence-corrected chi connectivity index (χ4v) is 0.671. The molecule has 0 bridgehead atoms. The Labute approximate surface area is 90.9 Å². The first-order valence-electron chi connectivity index (χ1n) is 3.71. The predicted octanol–water partition coefficient (Wildman–Crippen LogP) is 2.69. The molecule has 0 fully saturated rings. The molecule has 0 aromatic heterocycles. The van der Waals surface area contributed by atoms with Crippen LogP contribution in [0.15, 0.2) is 0 Å². The molecular formula is C7H19Cl2NO2S. The van der Waals surface area contributed by atoms with E-state index in [-0.39, 0.29) is 7.43 Å². The van der Waals surface area contributed by atoms with E-state index in [0.29, 0.717) is 0 Å². The third kappa shape index (κ3) is 32.6. The second-order valence-corrected chi connectivity index (χ2v) is 5.67. The maximum atomic E-state index is 9.16. The molecule has 0 atom stereocenters. The van der Waals surface area contributed by atoms with Crippen molar-refractivity contribution in [1.29, 1.82) is 0 Å². The van der Waals surface area contributed by atoms with Gasteiger partial charge < -0.3 is 4.90 Å². The lowest BCUT2D eigenvalue weighted by Crippen LogP contribution is -2.21. The Balaban J connectivity index is -0.000000150. The standard InChI is InChI=1S/C6H15N.CH4.Cl2O2S/c1-4-7(5-2)6-3;;1-5(2,3)4/h4-6H2,1-3H3;1H4;. The molecule has 0 saturated carbocycles. The molecule has 6 heteroatoms. The van der Waals surface area contributed by atoms with Crippen molar-refractivity contribution in [1.82, 2.24) is 4.90 Å². The average molecular weight is 252 g/mol. The van der Waals surface area contributed by atoms with E-state index in [1.807, 2.05) is 0 Å². The van der Waals surface area contributed by atoms with E-state index in [4.69, 9.17) is 8.42 Å². The van der Waals surface area contributed by atoms with Gasteiger partial charge in [0.25, 0.3) is 0 Å². The van der Waals surface area contributed by atoms with Gasteiger partial charge in [0.2, 0.25) is 0 Å². The maximum absolute atomic E-state index is 9.16. The first-order valence-corrected chi connectivity index (χ1v) is 6.85. The molecule has 0 aromatic carbocycles. The predicted molar refractivity (Wildman–Crippen MR) is 60.8 cm³/mol. The molecule has 0 aliphatic heterocycles. The minimum absolute atomic E-state index is 0. The Morgan fingerprint density at radius 1 is 1.00 bits per heavy atom. The largest absolute Gasteiger partial charge is 0.317 e. The van der Waals surface area contributed by atoms with Gasteiger partial charge in [-0.2, -0.15) is 8.42 Å². The molecule has 0 aromatic rings. The molecule has 0 spiro atoms. The Morgan fingerprint density at radius 2 is 1.15 bits per heavy atom. The van der Waals surface area contributed by atoms with Crippen LogP contribution in [-0.2, 0) is 8.26 Å². The minimum atomic E-state index is -3.72. The molecule has 0 heterocycles. The molecule has 0 aliphatic carbocycles. The summed E-state index contributed by atoms with van der Waals surface area (Å²) in [5, 5.41) is 0. The second kappa shape index (κ2) is 10.6. The monoisotopic (exact) mass is 251 g/mol. The highest BCUT2D eigenvalue weighted by atomic mass is 36.0. The number of hydrogen-bond acceptors (Lipinski definition) is 3. The van der Waals surface area contributed by atoms with Crippen LogP contribution in [0, 0.1) is 0 Å². The molecule has 0 unspecified atom stereocenters. The minimum Gasteiger partial charge on any atom is -0.304 e. The number of nitrogens with zero attached hydrogens (tertiary/aromatic N) is 1. The first kappa shape index (κ1) is 19.1. The van der Waals surface area contributed by atoms with Gasteiger partial charge in [-0.15, -0.1) is 0 Å². The summed E-state index contributed by atoms with van der Waals surface area (Å²) in [5.41, 5.74) is 0. The lowest BCUT2D eigenvalue weighted by Gasteiger charge is -2.13. The van der Waals surface area contributed by atoms with Crippen molar-refractivity contribution in [2.45, 2.75) is 28.2 Å². The van der Waals surface area contributed by atoms with E-state index < -0.39 is 8.26 Å². The van der Waals surface area contributed by atoms with Crippen LogP contribution in [-0.4, -0.2) is 33.0 Å². The van der Waals surface area contributed by atoms with E-state index in [1.165, 1.54) is 19.6 Å². The summed E-state index contributed by atoms with van der Waals surface area (Å²) in [6, 6.07) is 0. The van der Waals surface area contributed by atoms with Gasteiger partial charge in [-0.1, -0.05) is 28.2 Å². The molecule has 0 amide bonds. The quantitative estimate of drug-likeness (QED) is 0.725. The van der Waals surface area contributed by atoms with E-state index in [0.717, 1.165) is 0 Å². The molecule has 0 saturated heterocycles. The molecule has 0 radical (unpaired) electrons. The average Bonchev–Trinajstić information content (AvgIpc) is 1.88. The molecule has 13 heavy (non-hydrogen) atoms. The Kier molecular flexibility index (Phi) is 15.5. The van der Waals surface area contributed by atoms with E-state index in [9.17, 15) is 0 Å². The zero-order valence-corrected chi connectivity index (χ0v) is 9.88. The lowest BCUT2D eigenvalue weighted by atomic mass is 10.5. The summed E-state index contributed by atoms with van der Waals surface area (Å²) in [6.07, 6.45) is 0. The van der Waals surface area contributed by atoms with Crippen molar-refractivity contribution in [3.63, 3.8) is 0 Å². The van der Waals surface area contributed by atoms with Gasteiger partial charge in [-0.05, 0) is 19.6 Å². The zero-order valence-electron chi connectivity index (χ0n) is 7.55. The molecule has 3 nitrogen and oxygen atoms in total. The molecule has 0 rings (SSSR count). The number of rotatable bonds is 3. The van der Waals surface area contributed by atoms with Gasteiger partial charge in [0.15, 0.2) is 0 Å². The van der Waals surface area contributed by atoms with Crippen LogP contribution in [0.5, 0.6) is 0 Å². The molecule has 0 N–H and O–H groups in total. The van der Waals surface area contributed by atoms with Crippen LogP contribution >= 0.6 is 21.4 Å². The molecule has 84 valence electrons. The van der Waals surface area contributed by atoms with Crippen molar-refractivity contribution >= 4 is 29.6 Å². The molecular weight excluding hydrogens is 233 g/mol. The highest BCUT2D eigenvalue weighted by Gasteiger charge is 1.89. The highest BCUT2D eigenvalue weighted by molar-refractivity contribution is 8.31. The second-order valence-electron chi connectivity index (χ2n) is 2.00. The van der Waals surface area contributed by atoms with Gasteiger partial charge >= 0.3 is 8.26 Å². The summed E-state index contributed by atoms with van der Waals surface area (Å²) in [5.74, 6) is 0. The fraction of sp³-hybridized carbons (Fsp3) is 1.00. The summed E-state index contributed by atoms with van der Waals surface area (Å²) < 4.78 is 18.3. The smallest absolute Gasteiger partial charge is 0.304 e. The summed E-state index contributed by atoms with van der Waals surface area (Å²) >= 11 is 0. The van der Waals surface area contributed by atoms with E-state index >= 15 is 0 Å². The number of halogens is 2. The topological polar surface area (TPSA) is 37.4 Å². The summed E-state index contributed by atoms with van der Waals surface area (Å²) in [6.45, 7) is 10.1. The normalized spacial score (nSPS) is 10.0. The van der Waals surface area contributed by atoms with Crippen LogP contribution < -0.4 is 0 Å². The molecule has 0 aliphatic rings. The fourth-order valence-electron chi connectivity index (χ4n) is 0.671. The van der Waals surface area contributed by atoms with Crippen molar-refractivity contribution in [2.75, 3.05) is 19.6 Å². The van der Waals surface area contributed by atoms with Gasteiger partial charge in [0.1, 0.15) is 0 Å². The van der Waals surface area contributed by atoms with Crippen LogP contribution in [0.1, 0.15) is 28.2 Å². The third-order valence-electron chi connectivity index (χ3n) is 1.34. The van der Waals surface area contributed by atoms with Crippen molar-refractivity contribution in [3.05, 3.63) is 0 Å². The van der Waals surface area contributed by atoms with Crippen LogP contribution in [0.4, 0.5) is 0 Å². The highest BCUT2D eigenvalue weighted by Crippen LogP contribution is 1.98. The van der Waals surface area contributed by atoms with E-state index in [2.05, 4.69) is 47.0 Å². The summed E-state index contributed by atoms with van der Waals surface area (Å²) in [7, 11) is 4.81. The maximum Gasteiger partial charge on any atom is 0.317 e. The zero-order chi connectivity index (χ0) is 10.2.